The summed E-state index contributed by atoms with van der Waals surface area (Å²) in [5.41, 5.74) is 1.17. The molecule has 192 valence electrons. The second-order valence-corrected chi connectivity index (χ2v) is 9.94. The maximum atomic E-state index is 13.4. The second-order valence-electron chi connectivity index (χ2n) is 9.50. The van der Waals surface area contributed by atoms with Crippen molar-refractivity contribution in [2.24, 2.45) is 10.9 Å². The molecule has 2 aliphatic rings. The molecule has 0 spiro atoms. The molecule has 4 rings (SSSR count). The number of halogens is 4. The van der Waals surface area contributed by atoms with Crippen LogP contribution in [0.4, 0.5) is 23.7 Å². The number of rotatable bonds is 6. The Kier molecular flexibility index (Phi) is 8.03. The molecule has 1 aliphatic carbocycles. The number of carbonyl (C=O) groups is 1. The molecule has 1 N–H and O–H groups in total. The van der Waals surface area contributed by atoms with Crippen LogP contribution in [0.2, 0.25) is 5.02 Å². The first-order valence-corrected chi connectivity index (χ1v) is 12.6. The Morgan fingerprint density at radius 1 is 1.11 bits per heavy atom. The first-order valence-electron chi connectivity index (χ1n) is 12.3. The summed E-state index contributed by atoms with van der Waals surface area (Å²) in [6.45, 7) is 2.44. The number of benzene rings is 2. The number of hydrogen-bond acceptors (Lipinski definition) is 2. The van der Waals surface area contributed by atoms with Crippen molar-refractivity contribution in [1.82, 2.24) is 4.90 Å². The maximum absolute atomic E-state index is 13.4. The van der Waals surface area contributed by atoms with Crippen LogP contribution in [-0.2, 0) is 6.18 Å². The van der Waals surface area contributed by atoms with Crippen molar-refractivity contribution in [2.75, 3.05) is 18.0 Å². The molecule has 5 nitrogen and oxygen atoms in total. The van der Waals surface area contributed by atoms with Gasteiger partial charge in [0.2, 0.25) is 0 Å². The Labute approximate surface area is 214 Å². The highest BCUT2D eigenvalue weighted by Crippen LogP contribution is 2.37. The summed E-state index contributed by atoms with van der Waals surface area (Å²) in [6, 6.07) is 10.8. The van der Waals surface area contributed by atoms with Gasteiger partial charge in [-0.1, -0.05) is 43.0 Å². The Morgan fingerprint density at radius 3 is 2.47 bits per heavy atom. The van der Waals surface area contributed by atoms with E-state index in [9.17, 15) is 18.0 Å². The number of urea groups is 1. The Morgan fingerprint density at radius 2 is 1.81 bits per heavy atom. The molecule has 2 aromatic rings. The van der Waals surface area contributed by atoms with E-state index >= 15 is 0 Å². The van der Waals surface area contributed by atoms with E-state index in [4.69, 9.17) is 17.0 Å². The van der Waals surface area contributed by atoms with Crippen molar-refractivity contribution in [3.63, 3.8) is 0 Å². The van der Waals surface area contributed by atoms with Gasteiger partial charge in [0.1, 0.15) is 5.84 Å². The lowest BCUT2D eigenvalue weighted by Crippen LogP contribution is -2.33. The maximum Gasteiger partial charge on any atom is 0.416 e. The highest BCUT2D eigenvalue weighted by molar-refractivity contribution is 6.30. The van der Waals surface area contributed by atoms with Crippen molar-refractivity contribution in [3.05, 3.63) is 64.7 Å². The molecule has 1 saturated heterocycles. The van der Waals surface area contributed by atoms with Crippen LogP contribution >= 0.6 is 11.6 Å². The molecule has 1 aliphatic heterocycles. The van der Waals surface area contributed by atoms with Gasteiger partial charge < -0.3 is 4.90 Å². The molecular formula is C27H30ClF3N4O. The predicted octanol–water partition coefficient (Wildman–Crippen LogP) is 7.75. The number of hydrogen-bond donors (Lipinski definition) is 1. The molecule has 1 heterocycles. The molecule has 1 atom stereocenters. The predicted molar refractivity (Wildman–Crippen MR) is 137 cm³/mol. The number of anilines is 1. The van der Waals surface area contributed by atoms with Crippen LogP contribution in [0.5, 0.6) is 0 Å². The summed E-state index contributed by atoms with van der Waals surface area (Å²) in [5, 5.41) is 8.84. The molecule has 2 amide bonds. The van der Waals surface area contributed by atoms with Crippen molar-refractivity contribution in [2.45, 2.75) is 57.7 Å². The van der Waals surface area contributed by atoms with E-state index in [1.807, 2.05) is 6.92 Å². The van der Waals surface area contributed by atoms with Crippen LogP contribution in [0.25, 0.3) is 0 Å². The smallest absolute Gasteiger partial charge is 0.321 e. The zero-order chi connectivity index (χ0) is 25.9. The molecule has 2 fully saturated rings. The summed E-state index contributed by atoms with van der Waals surface area (Å²) >= 11 is 6.01. The number of alkyl halides is 3. The van der Waals surface area contributed by atoms with Crippen molar-refractivity contribution >= 4 is 34.9 Å². The third-order valence-corrected chi connectivity index (χ3v) is 7.26. The van der Waals surface area contributed by atoms with E-state index in [1.54, 1.807) is 35.2 Å². The molecule has 2 aromatic carbocycles. The molecular weight excluding hydrogens is 489 g/mol. The lowest BCUT2D eigenvalue weighted by atomic mass is 9.86. The SMILES string of the molecule is C/C(=N\C(=N)CCN1C[C@H](c2cccc(C(F)(F)F)c2)N(c2ccc(Cl)cc2)C1=O)C1CCCCC1. The van der Waals surface area contributed by atoms with Crippen molar-refractivity contribution < 1.29 is 18.0 Å². The van der Waals surface area contributed by atoms with E-state index in [0.717, 1.165) is 30.7 Å². The van der Waals surface area contributed by atoms with Crippen LogP contribution in [0, 0.1) is 11.3 Å². The molecule has 9 heteroatoms. The van der Waals surface area contributed by atoms with Gasteiger partial charge in [0.15, 0.2) is 0 Å². The monoisotopic (exact) mass is 518 g/mol. The summed E-state index contributed by atoms with van der Waals surface area (Å²) in [4.78, 5) is 21.0. The van der Waals surface area contributed by atoms with Gasteiger partial charge in [0, 0.05) is 35.9 Å². The Balaban J connectivity index is 1.53. The third-order valence-electron chi connectivity index (χ3n) is 7.01. The van der Waals surface area contributed by atoms with E-state index in [0.29, 0.717) is 22.2 Å². The van der Waals surface area contributed by atoms with Gasteiger partial charge in [-0.25, -0.2) is 9.79 Å². The number of carbonyl (C=O) groups excluding carboxylic acids is 1. The second kappa shape index (κ2) is 11.0. The molecule has 0 unspecified atom stereocenters. The topological polar surface area (TPSA) is 59.8 Å². The lowest BCUT2D eigenvalue weighted by molar-refractivity contribution is -0.137. The average molecular weight is 519 g/mol. The van der Waals surface area contributed by atoms with Crippen LogP contribution in [0.1, 0.15) is 62.6 Å². The minimum Gasteiger partial charge on any atom is -0.321 e. The van der Waals surface area contributed by atoms with Crippen LogP contribution in [-0.4, -0.2) is 35.6 Å². The summed E-state index contributed by atoms with van der Waals surface area (Å²) in [7, 11) is 0. The summed E-state index contributed by atoms with van der Waals surface area (Å²) in [6.07, 6.45) is 1.61. The van der Waals surface area contributed by atoms with Gasteiger partial charge in [-0.2, -0.15) is 13.2 Å². The van der Waals surface area contributed by atoms with Crippen LogP contribution in [0.15, 0.2) is 53.5 Å². The Bertz CT molecular complexity index is 1130. The van der Waals surface area contributed by atoms with Gasteiger partial charge in [-0.3, -0.25) is 10.3 Å². The van der Waals surface area contributed by atoms with Gasteiger partial charge in [0.05, 0.1) is 11.6 Å². The quantitative estimate of drug-likeness (QED) is 0.308. The number of nitrogens with one attached hydrogen (secondary N) is 1. The van der Waals surface area contributed by atoms with Gasteiger partial charge >= 0.3 is 12.2 Å². The van der Waals surface area contributed by atoms with Crippen molar-refractivity contribution in [3.8, 4) is 0 Å². The highest BCUT2D eigenvalue weighted by Gasteiger charge is 2.40. The van der Waals surface area contributed by atoms with Crippen LogP contribution < -0.4 is 4.90 Å². The van der Waals surface area contributed by atoms with E-state index in [-0.39, 0.29) is 31.4 Å². The first-order chi connectivity index (χ1) is 17.1. The van der Waals surface area contributed by atoms with Crippen LogP contribution in [0.3, 0.4) is 0 Å². The van der Waals surface area contributed by atoms with Gasteiger partial charge in [0.25, 0.3) is 0 Å². The van der Waals surface area contributed by atoms with Crippen molar-refractivity contribution in [1.29, 1.82) is 5.41 Å². The zero-order valence-corrected chi connectivity index (χ0v) is 20.9. The first kappa shape index (κ1) is 26.2. The fourth-order valence-corrected chi connectivity index (χ4v) is 5.16. The highest BCUT2D eigenvalue weighted by atomic mass is 35.5. The molecule has 36 heavy (non-hydrogen) atoms. The summed E-state index contributed by atoms with van der Waals surface area (Å²) < 4.78 is 40.1. The average Bonchev–Trinajstić information content (AvgIpc) is 3.19. The minimum atomic E-state index is -4.48. The zero-order valence-electron chi connectivity index (χ0n) is 20.2. The standard InChI is InChI=1S/C27H30ClF3N4O/c1-18(19-6-3-2-4-7-19)33-25(32)14-15-34-17-24(20-8-5-9-21(16-20)27(29,30)31)35(26(34)36)23-12-10-22(28)11-13-23/h5,8-13,16,19,24,32H,2-4,6-7,14-15,17H2,1H3/b32-25?,33-18+/t24-/m1/s1. The largest absolute Gasteiger partial charge is 0.416 e. The lowest BCUT2D eigenvalue weighted by Gasteiger charge is -2.24. The summed E-state index contributed by atoms with van der Waals surface area (Å²) in [5.74, 6) is 0.629. The molecule has 0 aromatic heterocycles. The van der Waals surface area contributed by atoms with E-state index in [2.05, 4.69) is 4.99 Å². The molecule has 1 saturated carbocycles. The normalized spacial score (nSPS) is 19.8. The van der Waals surface area contributed by atoms with Gasteiger partial charge in [-0.05, 0) is 67.6 Å². The number of amidine groups is 1. The fraction of sp³-hybridized carbons (Fsp3) is 0.444. The molecule has 0 bridgehead atoms. The van der Waals surface area contributed by atoms with Gasteiger partial charge in [-0.15, -0.1) is 0 Å². The fourth-order valence-electron chi connectivity index (χ4n) is 5.03. The Hall–Kier alpha value is -2.87. The molecule has 0 radical (unpaired) electrons. The number of amides is 2. The number of aliphatic imine (C=N–C) groups is 1. The van der Waals surface area contributed by atoms with E-state index in [1.165, 1.54) is 30.2 Å². The minimum absolute atomic E-state index is 0.210. The number of nitrogens with zero attached hydrogens (tertiary/aromatic N) is 3. The third kappa shape index (κ3) is 6.09. The van der Waals surface area contributed by atoms with E-state index < -0.39 is 17.8 Å².